The molecular weight excluding hydrogens is 470 g/mol. The van der Waals surface area contributed by atoms with Crippen LogP contribution in [0.15, 0.2) is 82.7 Å². The number of pyridine rings is 1. The molecule has 0 radical (unpaired) electrons. The number of nitrogens with one attached hydrogen (secondary N) is 1. The van der Waals surface area contributed by atoms with Crippen molar-refractivity contribution < 1.29 is 8.42 Å². The lowest BCUT2D eigenvalue weighted by molar-refractivity contribution is 0.375. The Bertz CT molecular complexity index is 1590. The van der Waals surface area contributed by atoms with Crippen LogP contribution in [0.5, 0.6) is 0 Å². The van der Waals surface area contributed by atoms with Crippen molar-refractivity contribution in [1.82, 2.24) is 9.40 Å². The normalized spacial score (nSPS) is 16.1. The van der Waals surface area contributed by atoms with Gasteiger partial charge in [-0.1, -0.05) is 71.8 Å². The SMILES string of the molecule is Cc1ccc([C@@H]2CC(c3c(-c4ccccc4)c4cc(Cl)ccc4[nH]c3=O)=NN2S(C)(=O)=O)cc1. The third kappa shape index (κ3) is 4.02. The number of hydrogen-bond acceptors (Lipinski definition) is 4. The molecule has 5 rings (SSSR count). The second-order valence-corrected chi connectivity index (χ2v) is 10.7. The summed E-state index contributed by atoms with van der Waals surface area (Å²) in [6.45, 7) is 1.97. The van der Waals surface area contributed by atoms with Crippen LogP contribution in [0.1, 0.15) is 29.2 Å². The summed E-state index contributed by atoms with van der Waals surface area (Å²) in [5.74, 6) is 0. The Morgan fingerprint density at radius 3 is 2.38 bits per heavy atom. The van der Waals surface area contributed by atoms with E-state index in [2.05, 4.69) is 10.1 Å². The number of benzene rings is 3. The van der Waals surface area contributed by atoms with Gasteiger partial charge in [-0.05, 0) is 36.2 Å². The first-order valence-electron chi connectivity index (χ1n) is 10.8. The van der Waals surface area contributed by atoms with Crippen molar-refractivity contribution in [3.05, 3.63) is 105 Å². The molecule has 0 aliphatic carbocycles. The third-order valence-electron chi connectivity index (χ3n) is 6.00. The second-order valence-electron chi connectivity index (χ2n) is 8.47. The van der Waals surface area contributed by atoms with E-state index in [1.54, 1.807) is 18.2 Å². The summed E-state index contributed by atoms with van der Waals surface area (Å²) in [6, 6.07) is 22.0. The molecule has 2 heterocycles. The second kappa shape index (κ2) is 8.42. The number of aryl methyl sites for hydroxylation is 1. The fourth-order valence-corrected chi connectivity index (χ4v) is 5.50. The molecule has 34 heavy (non-hydrogen) atoms. The molecule has 3 aromatic carbocycles. The van der Waals surface area contributed by atoms with Crippen molar-refractivity contribution in [3.63, 3.8) is 0 Å². The summed E-state index contributed by atoms with van der Waals surface area (Å²) in [5, 5.41) is 5.79. The Balaban J connectivity index is 1.76. The number of nitrogens with zero attached hydrogens (tertiary/aromatic N) is 2. The van der Waals surface area contributed by atoms with E-state index in [0.29, 0.717) is 27.4 Å². The summed E-state index contributed by atoms with van der Waals surface area (Å²) < 4.78 is 26.5. The van der Waals surface area contributed by atoms with E-state index in [1.807, 2.05) is 61.5 Å². The highest BCUT2D eigenvalue weighted by Gasteiger charge is 2.36. The maximum absolute atomic E-state index is 13.4. The van der Waals surface area contributed by atoms with Gasteiger partial charge in [0.1, 0.15) is 0 Å². The first-order valence-corrected chi connectivity index (χ1v) is 13.0. The molecule has 0 spiro atoms. The number of sulfonamides is 1. The molecule has 6 nitrogen and oxygen atoms in total. The smallest absolute Gasteiger partial charge is 0.258 e. The summed E-state index contributed by atoms with van der Waals surface area (Å²) in [5.41, 5.74) is 4.47. The topological polar surface area (TPSA) is 82.6 Å². The van der Waals surface area contributed by atoms with E-state index < -0.39 is 16.1 Å². The molecular formula is C26H22ClN3O3S. The summed E-state index contributed by atoms with van der Waals surface area (Å²) in [7, 11) is -3.68. The number of hydrogen-bond donors (Lipinski definition) is 1. The minimum atomic E-state index is -3.68. The fourth-order valence-electron chi connectivity index (χ4n) is 4.43. The molecule has 4 aromatic rings. The van der Waals surface area contributed by atoms with Gasteiger partial charge in [-0.15, -0.1) is 0 Å². The largest absolute Gasteiger partial charge is 0.321 e. The van der Waals surface area contributed by atoms with Gasteiger partial charge < -0.3 is 4.98 Å². The zero-order chi connectivity index (χ0) is 24.0. The lowest BCUT2D eigenvalue weighted by atomic mass is 9.91. The van der Waals surface area contributed by atoms with E-state index >= 15 is 0 Å². The van der Waals surface area contributed by atoms with Gasteiger partial charge in [0.25, 0.3) is 5.56 Å². The van der Waals surface area contributed by atoms with E-state index in [-0.39, 0.29) is 12.0 Å². The van der Waals surface area contributed by atoms with Gasteiger partial charge in [-0.25, -0.2) is 8.42 Å². The predicted octanol–water partition coefficient (Wildman–Crippen LogP) is 5.27. The third-order valence-corrected chi connectivity index (χ3v) is 7.25. The number of H-pyrrole nitrogens is 1. The first kappa shape index (κ1) is 22.4. The maximum atomic E-state index is 13.4. The Kier molecular flexibility index (Phi) is 5.54. The molecule has 1 aliphatic heterocycles. The molecule has 0 saturated heterocycles. The molecule has 1 aromatic heterocycles. The summed E-state index contributed by atoms with van der Waals surface area (Å²) in [6.07, 6.45) is 1.40. The molecule has 0 bridgehead atoms. The summed E-state index contributed by atoms with van der Waals surface area (Å²) >= 11 is 6.32. The van der Waals surface area contributed by atoms with Crippen molar-refractivity contribution in [2.45, 2.75) is 19.4 Å². The number of aromatic nitrogens is 1. The van der Waals surface area contributed by atoms with Crippen LogP contribution < -0.4 is 5.56 Å². The lowest BCUT2D eigenvalue weighted by Gasteiger charge is -2.21. The number of hydrazone groups is 1. The molecule has 172 valence electrons. The van der Waals surface area contributed by atoms with E-state index in [9.17, 15) is 13.2 Å². The van der Waals surface area contributed by atoms with Crippen LogP contribution in [0.3, 0.4) is 0 Å². The maximum Gasteiger partial charge on any atom is 0.258 e. The van der Waals surface area contributed by atoms with Crippen LogP contribution in [0.25, 0.3) is 22.0 Å². The minimum absolute atomic E-state index is 0.269. The van der Waals surface area contributed by atoms with Crippen molar-refractivity contribution in [2.24, 2.45) is 5.10 Å². The number of rotatable bonds is 4. The number of aromatic amines is 1. The first-order chi connectivity index (χ1) is 16.2. The molecule has 1 atom stereocenters. The van der Waals surface area contributed by atoms with Gasteiger partial charge in [-0.3, -0.25) is 4.79 Å². The van der Waals surface area contributed by atoms with Crippen molar-refractivity contribution in [2.75, 3.05) is 6.26 Å². The van der Waals surface area contributed by atoms with Gasteiger partial charge in [0.05, 0.1) is 23.6 Å². The molecule has 8 heteroatoms. The van der Waals surface area contributed by atoms with Crippen LogP contribution in [-0.4, -0.2) is 29.8 Å². The Morgan fingerprint density at radius 2 is 1.71 bits per heavy atom. The Labute approximate surface area is 202 Å². The lowest BCUT2D eigenvalue weighted by Crippen LogP contribution is -2.25. The van der Waals surface area contributed by atoms with E-state index in [4.69, 9.17) is 11.6 Å². The van der Waals surface area contributed by atoms with Crippen LogP contribution in [0, 0.1) is 6.92 Å². The Hall–Kier alpha value is -3.42. The monoisotopic (exact) mass is 491 g/mol. The fraction of sp³-hybridized carbons (Fsp3) is 0.154. The van der Waals surface area contributed by atoms with Crippen LogP contribution in [0.4, 0.5) is 0 Å². The van der Waals surface area contributed by atoms with Crippen molar-refractivity contribution in [1.29, 1.82) is 0 Å². The average Bonchev–Trinajstić information content (AvgIpc) is 3.25. The van der Waals surface area contributed by atoms with Gasteiger partial charge in [0, 0.05) is 27.9 Å². The predicted molar refractivity (Wildman–Crippen MR) is 137 cm³/mol. The zero-order valence-electron chi connectivity index (χ0n) is 18.6. The van der Waals surface area contributed by atoms with E-state index in [1.165, 1.54) is 0 Å². The highest BCUT2D eigenvalue weighted by Crippen LogP contribution is 2.38. The molecule has 1 N–H and O–H groups in total. The molecule has 0 unspecified atom stereocenters. The zero-order valence-corrected chi connectivity index (χ0v) is 20.2. The molecule has 0 fully saturated rings. The quantitative estimate of drug-likeness (QED) is 0.422. The Morgan fingerprint density at radius 1 is 1.00 bits per heavy atom. The van der Waals surface area contributed by atoms with Gasteiger partial charge in [0.15, 0.2) is 0 Å². The number of halogens is 1. The number of fused-ring (bicyclic) bond motifs is 1. The molecule has 0 saturated carbocycles. The average molecular weight is 492 g/mol. The van der Waals surface area contributed by atoms with Gasteiger partial charge in [0.2, 0.25) is 10.0 Å². The van der Waals surface area contributed by atoms with E-state index in [0.717, 1.165) is 32.7 Å². The van der Waals surface area contributed by atoms with Crippen molar-refractivity contribution in [3.8, 4) is 11.1 Å². The highest BCUT2D eigenvalue weighted by molar-refractivity contribution is 7.88. The minimum Gasteiger partial charge on any atom is -0.321 e. The van der Waals surface area contributed by atoms with Gasteiger partial charge in [-0.2, -0.15) is 9.52 Å². The standard InChI is InChI=1S/C26H22ClN3O3S/c1-16-8-10-17(11-9-16)23-15-22(29-30(23)34(2,32)33)25-24(18-6-4-3-5-7-18)20-14-19(27)12-13-21(20)28-26(25)31/h3-14,23H,15H2,1-2H3,(H,28,31)/t23-/m0/s1. The molecule has 1 aliphatic rings. The highest BCUT2D eigenvalue weighted by atomic mass is 35.5. The van der Waals surface area contributed by atoms with Crippen molar-refractivity contribution >= 4 is 38.2 Å². The molecule has 0 amide bonds. The van der Waals surface area contributed by atoms with Crippen LogP contribution in [0.2, 0.25) is 5.02 Å². The van der Waals surface area contributed by atoms with Gasteiger partial charge >= 0.3 is 0 Å². The summed E-state index contributed by atoms with van der Waals surface area (Å²) in [4.78, 5) is 16.3. The van der Waals surface area contributed by atoms with Crippen LogP contribution in [-0.2, 0) is 10.0 Å². The van der Waals surface area contributed by atoms with Crippen LogP contribution >= 0.6 is 11.6 Å².